The van der Waals surface area contributed by atoms with Gasteiger partial charge in [0.1, 0.15) is 11.6 Å². The molecule has 0 spiro atoms. The number of phenolic OH excluding ortho intramolecular Hbond substituents is 1. The largest absolute Gasteiger partial charge is 0.508 e. The van der Waals surface area contributed by atoms with E-state index in [0.717, 1.165) is 29.8 Å². The van der Waals surface area contributed by atoms with Gasteiger partial charge < -0.3 is 10.0 Å². The number of nitrogens with zero attached hydrogens (tertiary/aromatic N) is 2. The topological polar surface area (TPSA) is 36.4 Å². The molecule has 2 heterocycles. The number of hydrogen-bond acceptors (Lipinski definition) is 3. The molecule has 0 unspecified atom stereocenters. The van der Waals surface area contributed by atoms with Crippen LogP contribution in [0.4, 0.5) is 5.82 Å². The summed E-state index contributed by atoms with van der Waals surface area (Å²) in [5.41, 5.74) is 0.946. The first-order chi connectivity index (χ1) is 7.83. The minimum Gasteiger partial charge on any atom is -0.508 e. The number of phenols is 1. The molecule has 0 atom stereocenters. The van der Waals surface area contributed by atoms with Crippen LogP contribution >= 0.6 is 0 Å². The van der Waals surface area contributed by atoms with Crippen molar-refractivity contribution in [3.05, 3.63) is 30.3 Å². The number of fused-ring (bicyclic) bond motifs is 1. The Hall–Kier alpha value is -1.77. The zero-order valence-corrected chi connectivity index (χ0v) is 9.06. The quantitative estimate of drug-likeness (QED) is 0.792. The number of aromatic nitrogens is 1. The summed E-state index contributed by atoms with van der Waals surface area (Å²) in [5.74, 6) is 1.35. The van der Waals surface area contributed by atoms with Gasteiger partial charge in [0, 0.05) is 18.5 Å². The third-order valence-electron chi connectivity index (χ3n) is 3.09. The highest BCUT2D eigenvalue weighted by atomic mass is 16.3. The number of aromatic hydroxyl groups is 1. The Morgan fingerprint density at radius 1 is 1.06 bits per heavy atom. The lowest BCUT2D eigenvalue weighted by Gasteiger charge is -2.16. The second-order valence-electron chi connectivity index (χ2n) is 4.24. The Morgan fingerprint density at radius 2 is 1.88 bits per heavy atom. The van der Waals surface area contributed by atoms with E-state index in [1.165, 1.54) is 12.8 Å². The van der Waals surface area contributed by atoms with Crippen LogP contribution in [0.25, 0.3) is 10.9 Å². The summed E-state index contributed by atoms with van der Waals surface area (Å²) in [4.78, 5) is 6.92. The molecule has 0 saturated carbocycles. The van der Waals surface area contributed by atoms with E-state index >= 15 is 0 Å². The Bertz CT molecular complexity index is 518. The van der Waals surface area contributed by atoms with E-state index in [1.807, 2.05) is 18.2 Å². The summed E-state index contributed by atoms with van der Waals surface area (Å²) < 4.78 is 0. The van der Waals surface area contributed by atoms with Crippen LogP contribution in [0.3, 0.4) is 0 Å². The number of anilines is 1. The van der Waals surface area contributed by atoms with Crippen molar-refractivity contribution >= 4 is 16.7 Å². The van der Waals surface area contributed by atoms with Crippen molar-refractivity contribution in [2.75, 3.05) is 18.0 Å². The van der Waals surface area contributed by atoms with Crippen LogP contribution < -0.4 is 4.90 Å². The molecule has 0 aliphatic carbocycles. The monoisotopic (exact) mass is 214 g/mol. The number of hydrogen-bond donors (Lipinski definition) is 1. The molecule has 82 valence electrons. The van der Waals surface area contributed by atoms with Crippen molar-refractivity contribution in [1.82, 2.24) is 4.98 Å². The predicted molar refractivity (Wildman–Crippen MR) is 64.9 cm³/mol. The summed E-state index contributed by atoms with van der Waals surface area (Å²) in [5, 5.41) is 10.4. The van der Waals surface area contributed by atoms with Gasteiger partial charge in [0.15, 0.2) is 0 Å². The Labute approximate surface area is 94.3 Å². The Kier molecular flexibility index (Phi) is 2.17. The van der Waals surface area contributed by atoms with Crippen molar-refractivity contribution in [1.29, 1.82) is 0 Å². The molecule has 0 amide bonds. The van der Waals surface area contributed by atoms with Gasteiger partial charge >= 0.3 is 0 Å². The highest BCUT2D eigenvalue weighted by molar-refractivity contribution is 5.81. The van der Waals surface area contributed by atoms with Crippen LogP contribution in [-0.4, -0.2) is 23.2 Å². The van der Waals surface area contributed by atoms with Crippen LogP contribution in [0.5, 0.6) is 5.75 Å². The Morgan fingerprint density at radius 3 is 2.69 bits per heavy atom. The average Bonchev–Trinajstić information content (AvgIpc) is 2.82. The molecule has 1 aromatic carbocycles. The van der Waals surface area contributed by atoms with E-state index in [2.05, 4.69) is 9.88 Å². The van der Waals surface area contributed by atoms with Gasteiger partial charge in [-0.25, -0.2) is 4.98 Å². The van der Waals surface area contributed by atoms with E-state index < -0.39 is 0 Å². The minimum atomic E-state index is 0.295. The molecule has 1 aliphatic heterocycles. The minimum absolute atomic E-state index is 0.295. The van der Waals surface area contributed by atoms with Gasteiger partial charge in [0.25, 0.3) is 0 Å². The first-order valence-electron chi connectivity index (χ1n) is 5.68. The maximum Gasteiger partial charge on any atom is 0.129 e. The fraction of sp³-hybridized carbons (Fsp3) is 0.308. The number of pyridine rings is 1. The van der Waals surface area contributed by atoms with Crippen LogP contribution in [-0.2, 0) is 0 Å². The van der Waals surface area contributed by atoms with E-state index in [1.54, 1.807) is 12.1 Å². The molecule has 0 bridgehead atoms. The molecular formula is C13H14N2O. The third kappa shape index (κ3) is 1.58. The SMILES string of the molecule is Oc1ccc2nc(N3CCCC3)ccc2c1. The lowest BCUT2D eigenvalue weighted by Crippen LogP contribution is -2.18. The molecule has 1 N–H and O–H groups in total. The molecule has 0 radical (unpaired) electrons. The fourth-order valence-corrected chi connectivity index (χ4v) is 2.22. The summed E-state index contributed by atoms with van der Waals surface area (Å²) in [6.07, 6.45) is 2.52. The zero-order chi connectivity index (χ0) is 11.0. The van der Waals surface area contributed by atoms with Crippen molar-refractivity contribution in [2.45, 2.75) is 12.8 Å². The second kappa shape index (κ2) is 3.67. The predicted octanol–water partition coefficient (Wildman–Crippen LogP) is 2.54. The fourth-order valence-electron chi connectivity index (χ4n) is 2.22. The summed E-state index contributed by atoms with van der Waals surface area (Å²) >= 11 is 0. The smallest absolute Gasteiger partial charge is 0.129 e. The molecule has 1 aliphatic rings. The molecule has 1 fully saturated rings. The van der Waals surface area contributed by atoms with E-state index in [9.17, 15) is 5.11 Å². The summed E-state index contributed by atoms with van der Waals surface area (Å²) in [6.45, 7) is 2.22. The van der Waals surface area contributed by atoms with Crippen molar-refractivity contribution in [2.24, 2.45) is 0 Å². The van der Waals surface area contributed by atoms with Crippen molar-refractivity contribution in [3.63, 3.8) is 0 Å². The van der Waals surface area contributed by atoms with Crippen LogP contribution in [0, 0.1) is 0 Å². The van der Waals surface area contributed by atoms with Crippen molar-refractivity contribution in [3.8, 4) is 5.75 Å². The van der Waals surface area contributed by atoms with Crippen LogP contribution in [0.2, 0.25) is 0 Å². The average molecular weight is 214 g/mol. The van der Waals surface area contributed by atoms with Gasteiger partial charge in [-0.2, -0.15) is 0 Å². The number of benzene rings is 1. The summed E-state index contributed by atoms with van der Waals surface area (Å²) in [7, 11) is 0. The first-order valence-corrected chi connectivity index (χ1v) is 5.68. The molecule has 3 nitrogen and oxygen atoms in total. The van der Waals surface area contributed by atoms with Gasteiger partial charge in [-0.1, -0.05) is 0 Å². The van der Waals surface area contributed by atoms with Crippen LogP contribution in [0.15, 0.2) is 30.3 Å². The van der Waals surface area contributed by atoms with E-state index in [-0.39, 0.29) is 0 Å². The molecule has 3 rings (SSSR count). The van der Waals surface area contributed by atoms with Gasteiger partial charge in [-0.15, -0.1) is 0 Å². The van der Waals surface area contributed by atoms with Gasteiger partial charge in [-0.05, 0) is 43.2 Å². The second-order valence-corrected chi connectivity index (χ2v) is 4.24. The van der Waals surface area contributed by atoms with Crippen LogP contribution in [0.1, 0.15) is 12.8 Å². The first kappa shape index (κ1) is 9.46. The van der Waals surface area contributed by atoms with E-state index in [4.69, 9.17) is 0 Å². The maximum absolute atomic E-state index is 9.37. The maximum atomic E-state index is 9.37. The lowest BCUT2D eigenvalue weighted by atomic mass is 10.2. The molecule has 16 heavy (non-hydrogen) atoms. The zero-order valence-electron chi connectivity index (χ0n) is 9.06. The van der Waals surface area contributed by atoms with Gasteiger partial charge in [0.05, 0.1) is 5.52 Å². The van der Waals surface area contributed by atoms with Crippen molar-refractivity contribution < 1.29 is 5.11 Å². The van der Waals surface area contributed by atoms with E-state index in [0.29, 0.717) is 5.75 Å². The molecule has 3 heteroatoms. The molecule has 1 aromatic heterocycles. The number of rotatable bonds is 1. The molecule has 2 aromatic rings. The highest BCUT2D eigenvalue weighted by Crippen LogP contribution is 2.23. The molecular weight excluding hydrogens is 200 g/mol. The summed E-state index contributed by atoms with van der Waals surface area (Å²) in [6, 6.07) is 9.35. The normalized spacial score (nSPS) is 15.9. The molecule has 1 saturated heterocycles. The lowest BCUT2D eigenvalue weighted by molar-refractivity contribution is 0.476. The highest BCUT2D eigenvalue weighted by Gasteiger charge is 2.13. The van der Waals surface area contributed by atoms with Gasteiger partial charge in [0.2, 0.25) is 0 Å². The third-order valence-corrected chi connectivity index (χ3v) is 3.09. The van der Waals surface area contributed by atoms with Gasteiger partial charge in [-0.3, -0.25) is 0 Å². The Balaban J connectivity index is 2.05. The standard InChI is InChI=1S/C13H14N2O/c16-11-4-5-12-10(9-11)3-6-13(14-12)15-7-1-2-8-15/h3-6,9,16H,1-2,7-8H2.